The Morgan fingerprint density at radius 1 is 1.56 bits per heavy atom. The van der Waals surface area contributed by atoms with Crippen molar-refractivity contribution in [2.24, 2.45) is 5.92 Å². The first-order chi connectivity index (χ1) is 8.47. The zero-order valence-electron chi connectivity index (χ0n) is 10.1. The molecule has 1 aromatic heterocycles. The second-order valence-electron chi connectivity index (χ2n) is 3.69. The van der Waals surface area contributed by atoms with Crippen LogP contribution >= 0.6 is 11.6 Å². The van der Waals surface area contributed by atoms with Crippen molar-refractivity contribution < 1.29 is 18.7 Å². The number of aromatic nitrogens is 1. The molecule has 0 aromatic carbocycles. The summed E-state index contributed by atoms with van der Waals surface area (Å²) in [5.41, 5.74) is 0.170. The molecule has 0 saturated carbocycles. The Bertz CT molecular complexity index is 465. The van der Waals surface area contributed by atoms with E-state index >= 15 is 0 Å². The van der Waals surface area contributed by atoms with E-state index in [9.17, 15) is 14.0 Å². The molecule has 1 atom stereocenters. The van der Waals surface area contributed by atoms with E-state index in [0.29, 0.717) is 0 Å². The quantitative estimate of drug-likeness (QED) is 0.469. The SMILES string of the molecule is CCOC(=O)C(Cc1ccnc(Cl)c1F)C(C)=O. The maximum Gasteiger partial charge on any atom is 0.316 e. The fourth-order valence-electron chi connectivity index (χ4n) is 1.47. The molecule has 0 radical (unpaired) electrons. The van der Waals surface area contributed by atoms with Gasteiger partial charge in [0.05, 0.1) is 6.61 Å². The van der Waals surface area contributed by atoms with E-state index in [2.05, 4.69) is 4.98 Å². The van der Waals surface area contributed by atoms with E-state index in [1.807, 2.05) is 0 Å². The highest BCUT2D eigenvalue weighted by molar-refractivity contribution is 6.29. The predicted molar refractivity (Wildman–Crippen MR) is 63.7 cm³/mol. The summed E-state index contributed by atoms with van der Waals surface area (Å²) >= 11 is 5.53. The van der Waals surface area contributed by atoms with Gasteiger partial charge >= 0.3 is 5.97 Å². The molecule has 0 aliphatic rings. The number of hydrogen-bond donors (Lipinski definition) is 0. The number of ether oxygens (including phenoxy) is 1. The van der Waals surface area contributed by atoms with Gasteiger partial charge in [0.1, 0.15) is 11.7 Å². The Balaban J connectivity index is 2.94. The summed E-state index contributed by atoms with van der Waals surface area (Å²) in [5, 5.41) is -0.279. The predicted octanol–water partition coefficient (Wildman–Crippen LogP) is 2.18. The molecule has 0 fully saturated rings. The van der Waals surface area contributed by atoms with Crippen LogP contribution in [0.3, 0.4) is 0 Å². The molecular formula is C12H13ClFNO3. The fraction of sp³-hybridized carbons (Fsp3) is 0.417. The second-order valence-corrected chi connectivity index (χ2v) is 4.05. The molecule has 0 aliphatic carbocycles. The highest BCUT2D eigenvalue weighted by Gasteiger charge is 2.26. The fourth-order valence-corrected chi connectivity index (χ4v) is 1.65. The summed E-state index contributed by atoms with van der Waals surface area (Å²) in [4.78, 5) is 26.5. The van der Waals surface area contributed by atoms with E-state index in [4.69, 9.17) is 16.3 Å². The van der Waals surface area contributed by atoms with Crippen LogP contribution in [0.5, 0.6) is 0 Å². The lowest BCUT2D eigenvalue weighted by molar-refractivity contribution is -0.151. The standard InChI is InChI=1S/C12H13ClFNO3/c1-3-18-12(17)9(7(2)16)6-8-4-5-15-11(13)10(8)14/h4-5,9H,3,6H2,1-2H3. The minimum atomic E-state index is -1.02. The minimum absolute atomic E-state index is 0.0811. The number of nitrogens with zero attached hydrogens (tertiary/aromatic N) is 1. The van der Waals surface area contributed by atoms with Gasteiger partial charge in [0.15, 0.2) is 11.0 Å². The van der Waals surface area contributed by atoms with E-state index < -0.39 is 17.7 Å². The molecule has 0 saturated heterocycles. The molecule has 0 amide bonds. The molecule has 1 unspecified atom stereocenters. The number of Topliss-reactive ketones (excluding diaryl/α,β-unsaturated/α-hetero) is 1. The minimum Gasteiger partial charge on any atom is -0.465 e. The van der Waals surface area contributed by atoms with Gasteiger partial charge in [-0.25, -0.2) is 9.37 Å². The molecule has 18 heavy (non-hydrogen) atoms. The van der Waals surface area contributed by atoms with Crippen molar-refractivity contribution in [1.29, 1.82) is 0 Å². The molecule has 0 bridgehead atoms. The van der Waals surface area contributed by atoms with Gasteiger partial charge in [0.2, 0.25) is 0 Å². The van der Waals surface area contributed by atoms with Crippen molar-refractivity contribution in [2.45, 2.75) is 20.3 Å². The highest BCUT2D eigenvalue weighted by atomic mass is 35.5. The number of rotatable bonds is 5. The van der Waals surface area contributed by atoms with Crippen LogP contribution in [0.4, 0.5) is 4.39 Å². The van der Waals surface area contributed by atoms with Gasteiger partial charge in [0, 0.05) is 6.20 Å². The van der Waals surface area contributed by atoms with Gasteiger partial charge in [-0.05, 0) is 31.9 Å². The van der Waals surface area contributed by atoms with Crippen LogP contribution in [-0.2, 0) is 20.7 Å². The van der Waals surface area contributed by atoms with Crippen LogP contribution < -0.4 is 0 Å². The lowest BCUT2D eigenvalue weighted by Gasteiger charge is -2.13. The first-order valence-corrected chi connectivity index (χ1v) is 5.81. The van der Waals surface area contributed by atoms with E-state index in [0.717, 1.165) is 0 Å². The summed E-state index contributed by atoms with van der Waals surface area (Å²) in [7, 11) is 0. The number of halogens is 2. The average Bonchev–Trinajstić information content (AvgIpc) is 2.30. The number of ketones is 1. The zero-order valence-corrected chi connectivity index (χ0v) is 10.8. The van der Waals surface area contributed by atoms with Crippen LogP contribution in [0, 0.1) is 11.7 Å². The molecular weight excluding hydrogens is 261 g/mol. The Kier molecular flexibility index (Phi) is 5.22. The number of carbonyl (C=O) groups excluding carboxylic acids is 2. The lowest BCUT2D eigenvalue weighted by Crippen LogP contribution is -2.26. The number of pyridine rings is 1. The van der Waals surface area contributed by atoms with Crippen LogP contribution in [0.1, 0.15) is 19.4 Å². The molecule has 0 spiro atoms. The van der Waals surface area contributed by atoms with Crippen molar-refractivity contribution in [3.63, 3.8) is 0 Å². The van der Waals surface area contributed by atoms with E-state index in [1.54, 1.807) is 6.92 Å². The monoisotopic (exact) mass is 273 g/mol. The van der Waals surface area contributed by atoms with Crippen molar-refractivity contribution in [3.05, 3.63) is 28.8 Å². The van der Waals surface area contributed by atoms with Gasteiger partial charge in [0.25, 0.3) is 0 Å². The summed E-state index contributed by atoms with van der Waals surface area (Å²) in [5.74, 6) is -2.76. The van der Waals surface area contributed by atoms with E-state index in [-0.39, 0.29) is 29.5 Å². The third-order valence-electron chi connectivity index (χ3n) is 2.41. The third kappa shape index (κ3) is 3.50. The number of hydrogen-bond acceptors (Lipinski definition) is 4. The van der Waals surface area contributed by atoms with Gasteiger partial charge in [-0.15, -0.1) is 0 Å². The van der Waals surface area contributed by atoms with Gasteiger partial charge in [-0.1, -0.05) is 11.6 Å². The Morgan fingerprint density at radius 2 is 2.22 bits per heavy atom. The smallest absolute Gasteiger partial charge is 0.316 e. The Labute approximate surface area is 109 Å². The van der Waals surface area contributed by atoms with Crippen molar-refractivity contribution in [3.8, 4) is 0 Å². The molecule has 6 heteroatoms. The average molecular weight is 274 g/mol. The number of esters is 1. The molecule has 0 N–H and O–H groups in total. The van der Waals surface area contributed by atoms with Crippen molar-refractivity contribution >= 4 is 23.4 Å². The maximum atomic E-state index is 13.6. The third-order valence-corrected chi connectivity index (χ3v) is 2.68. The van der Waals surface area contributed by atoms with Gasteiger partial charge < -0.3 is 4.74 Å². The van der Waals surface area contributed by atoms with Crippen LogP contribution in [0.25, 0.3) is 0 Å². The molecule has 1 heterocycles. The maximum absolute atomic E-state index is 13.6. The second kappa shape index (κ2) is 6.44. The normalized spacial score (nSPS) is 12.0. The van der Waals surface area contributed by atoms with E-state index in [1.165, 1.54) is 19.2 Å². The zero-order chi connectivity index (χ0) is 13.7. The van der Waals surface area contributed by atoms with Gasteiger partial charge in [-0.2, -0.15) is 0 Å². The first kappa shape index (κ1) is 14.6. The summed E-state index contributed by atoms with van der Waals surface area (Å²) in [6, 6.07) is 1.39. The first-order valence-electron chi connectivity index (χ1n) is 5.43. The lowest BCUT2D eigenvalue weighted by atomic mass is 9.96. The molecule has 1 rings (SSSR count). The summed E-state index contributed by atoms with van der Waals surface area (Å²) in [6.45, 7) is 3.07. The molecule has 4 nitrogen and oxygen atoms in total. The highest BCUT2D eigenvalue weighted by Crippen LogP contribution is 2.19. The van der Waals surface area contributed by atoms with Crippen LogP contribution in [0.2, 0.25) is 5.15 Å². The summed E-state index contributed by atoms with van der Waals surface area (Å²) < 4.78 is 18.4. The Morgan fingerprint density at radius 3 is 2.78 bits per heavy atom. The Hall–Kier alpha value is -1.49. The van der Waals surface area contributed by atoms with Crippen LogP contribution in [0.15, 0.2) is 12.3 Å². The summed E-state index contributed by atoms with van der Waals surface area (Å²) in [6.07, 6.45) is 1.24. The van der Waals surface area contributed by atoms with Gasteiger partial charge in [-0.3, -0.25) is 9.59 Å². The topological polar surface area (TPSA) is 56.3 Å². The largest absolute Gasteiger partial charge is 0.465 e. The van der Waals surface area contributed by atoms with Crippen molar-refractivity contribution in [1.82, 2.24) is 4.98 Å². The molecule has 1 aromatic rings. The number of carbonyl (C=O) groups is 2. The molecule has 98 valence electrons. The van der Waals surface area contributed by atoms with Crippen molar-refractivity contribution in [2.75, 3.05) is 6.61 Å². The van der Waals surface area contributed by atoms with Crippen LogP contribution in [-0.4, -0.2) is 23.3 Å². The molecule has 0 aliphatic heterocycles.